The van der Waals surface area contributed by atoms with E-state index in [0.717, 1.165) is 13.7 Å². The fourth-order valence-corrected chi connectivity index (χ4v) is 3.70. The Labute approximate surface area is 219 Å². The summed E-state index contributed by atoms with van der Waals surface area (Å²) in [4.78, 5) is 74.5. The van der Waals surface area contributed by atoms with Gasteiger partial charge in [-0.15, -0.1) is 0 Å². The summed E-state index contributed by atoms with van der Waals surface area (Å²) < 4.78 is 17.4. The molecule has 0 spiro atoms. The number of ether oxygens (including phenoxy) is 3. The van der Waals surface area contributed by atoms with E-state index in [4.69, 9.17) is 14.2 Å². The number of carbonyl (C=O) groups excluding carboxylic acids is 3. The average Bonchev–Trinajstić information content (AvgIpc) is 2.86. The van der Waals surface area contributed by atoms with Gasteiger partial charge in [0.05, 0.1) is 17.1 Å². The monoisotopic (exact) mass is 531 g/mol. The lowest BCUT2D eigenvalue weighted by molar-refractivity contribution is -0.132. The Balaban J connectivity index is 1.95. The van der Waals surface area contributed by atoms with Crippen LogP contribution in [0.2, 0.25) is 0 Å². The maximum atomic E-state index is 13.6. The van der Waals surface area contributed by atoms with Crippen LogP contribution in [0.25, 0.3) is 17.1 Å². The van der Waals surface area contributed by atoms with Crippen LogP contribution in [-0.4, -0.2) is 31.6 Å². The molecule has 0 bridgehead atoms. The Bertz CT molecular complexity index is 1510. The Morgan fingerprint density at radius 3 is 0.821 bits per heavy atom. The molecule has 3 aromatic carbocycles. The van der Waals surface area contributed by atoms with Crippen LogP contribution in [0.1, 0.15) is 20.8 Å². The molecule has 0 radical (unpaired) electrons. The van der Waals surface area contributed by atoms with Gasteiger partial charge in [0, 0.05) is 20.8 Å². The lowest BCUT2D eigenvalue weighted by atomic mass is 10.3. The van der Waals surface area contributed by atoms with Crippen molar-refractivity contribution in [3.8, 4) is 34.3 Å². The lowest BCUT2D eigenvalue weighted by Gasteiger charge is -2.15. The standard InChI is InChI=1S/C27H21N3O9/c1-16(31)37-22-10-4-19(5-11-22)28-25(34)29(20-6-12-23(13-7-20)38-17(2)32)27(36)30(26(28)35)21-8-14-24(15-9-21)39-18(3)33/h4-15H,1-3H3. The third-order valence-corrected chi connectivity index (χ3v) is 5.22. The van der Waals surface area contributed by atoms with E-state index in [2.05, 4.69) is 0 Å². The maximum Gasteiger partial charge on any atom is 0.345 e. The first-order valence-electron chi connectivity index (χ1n) is 11.4. The quantitative estimate of drug-likeness (QED) is 0.269. The molecule has 4 aromatic rings. The van der Waals surface area contributed by atoms with E-state index < -0.39 is 35.0 Å². The molecule has 0 amide bonds. The number of rotatable bonds is 6. The molecule has 39 heavy (non-hydrogen) atoms. The topological polar surface area (TPSA) is 145 Å². The van der Waals surface area contributed by atoms with Gasteiger partial charge < -0.3 is 14.2 Å². The van der Waals surface area contributed by atoms with Crippen molar-refractivity contribution in [2.45, 2.75) is 20.8 Å². The predicted molar refractivity (Wildman–Crippen MR) is 137 cm³/mol. The average molecular weight is 531 g/mol. The zero-order valence-corrected chi connectivity index (χ0v) is 20.9. The van der Waals surface area contributed by atoms with Crippen LogP contribution in [-0.2, 0) is 14.4 Å². The van der Waals surface area contributed by atoms with Crippen molar-refractivity contribution in [2.75, 3.05) is 0 Å². The number of hydrogen-bond acceptors (Lipinski definition) is 9. The molecule has 0 saturated carbocycles. The molecule has 0 atom stereocenters. The van der Waals surface area contributed by atoms with Crippen molar-refractivity contribution < 1.29 is 28.6 Å². The van der Waals surface area contributed by atoms with Crippen molar-refractivity contribution in [2.24, 2.45) is 0 Å². The van der Waals surface area contributed by atoms with Gasteiger partial charge in [0.15, 0.2) is 0 Å². The van der Waals surface area contributed by atoms with Crippen LogP contribution >= 0.6 is 0 Å². The number of benzene rings is 3. The number of hydrogen-bond donors (Lipinski definition) is 0. The zero-order chi connectivity index (χ0) is 28.3. The summed E-state index contributed by atoms with van der Waals surface area (Å²) in [6.45, 7) is 3.69. The SMILES string of the molecule is CC(=O)Oc1ccc(-n2c(=O)n(-c3ccc(OC(C)=O)cc3)c(=O)n(-c3ccc(OC(C)=O)cc3)c2=O)cc1. The van der Waals surface area contributed by atoms with Crippen LogP contribution in [0.4, 0.5) is 0 Å². The van der Waals surface area contributed by atoms with E-state index in [0.29, 0.717) is 0 Å². The molecule has 0 aliphatic carbocycles. The van der Waals surface area contributed by atoms with E-state index in [-0.39, 0.29) is 34.3 Å². The van der Waals surface area contributed by atoms with Gasteiger partial charge in [0.25, 0.3) is 0 Å². The fraction of sp³-hybridized carbons (Fsp3) is 0.111. The van der Waals surface area contributed by atoms with E-state index in [1.54, 1.807) is 0 Å². The third kappa shape index (κ3) is 5.74. The Kier molecular flexibility index (Phi) is 7.38. The van der Waals surface area contributed by atoms with Crippen LogP contribution in [0.15, 0.2) is 87.2 Å². The van der Waals surface area contributed by atoms with Crippen LogP contribution in [0.3, 0.4) is 0 Å². The molecular formula is C27H21N3O9. The second-order valence-corrected chi connectivity index (χ2v) is 8.12. The molecule has 198 valence electrons. The van der Waals surface area contributed by atoms with Gasteiger partial charge in [0.2, 0.25) is 0 Å². The molecular weight excluding hydrogens is 510 g/mol. The number of aromatic nitrogens is 3. The summed E-state index contributed by atoms with van der Waals surface area (Å²) in [7, 11) is 0. The Hall–Kier alpha value is -5.52. The molecule has 1 aromatic heterocycles. The van der Waals surface area contributed by atoms with Crippen molar-refractivity contribution in [1.82, 2.24) is 13.7 Å². The third-order valence-electron chi connectivity index (χ3n) is 5.22. The second kappa shape index (κ2) is 10.8. The molecule has 12 nitrogen and oxygen atoms in total. The second-order valence-electron chi connectivity index (χ2n) is 8.12. The minimum absolute atomic E-state index is 0.0940. The molecule has 12 heteroatoms. The summed E-state index contributed by atoms with van der Waals surface area (Å²) >= 11 is 0. The molecule has 0 aliphatic heterocycles. The first-order chi connectivity index (χ1) is 18.5. The van der Waals surface area contributed by atoms with Crippen molar-refractivity contribution in [3.63, 3.8) is 0 Å². The molecule has 0 N–H and O–H groups in total. The van der Waals surface area contributed by atoms with Crippen molar-refractivity contribution >= 4 is 17.9 Å². The summed E-state index contributed by atoms with van der Waals surface area (Å²) in [6.07, 6.45) is 0. The molecule has 1 heterocycles. The van der Waals surface area contributed by atoms with E-state index in [1.165, 1.54) is 93.6 Å². The van der Waals surface area contributed by atoms with Crippen LogP contribution in [0.5, 0.6) is 17.2 Å². The van der Waals surface area contributed by atoms with Crippen LogP contribution in [0, 0.1) is 0 Å². The number of nitrogens with zero attached hydrogens (tertiary/aromatic N) is 3. The number of esters is 3. The van der Waals surface area contributed by atoms with Gasteiger partial charge in [-0.3, -0.25) is 14.4 Å². The smallest absolute Gasteiger partial charge is 0.345 e. The van der Waals surface area contributed by atoms with E-state index >= 15 is 0 Å². The summed E-state index contributed by atoms with van der Waals surface area (Å²) in [5.74, 6) is -1.08. The van der Waals surface area contributed by atoms with E-state index in [9.17, 15) is 28.8 Å². The lowest BCUT2D eigenvalue weighted by Crippen LogP contribution is -2.52. The minimum Gasteiger partial charge on any atom is -0.427 e. The van der Waals surface area contributed by atoms with Gasteiger partial charge >= 0.3 is 35.0 Å². The highest BCUT2D eigenvalue weighted by Gasteiger charge is 2.20. The normalized spacial score (nSPS) is 10.5. The fourth-order valence-electron chi connectivity index (χ4n) is 3.70. The first-order valence-corrected chi connectivity index (χ1v) is 11.4. The number of carbonyl (C=O) groups is 3. The Morgan fingerprint density at radius 1 is 0.436 bits per heavy atom. The minimum atomic E-state index is -0.974. The maximum absolute atomic E-state index is 13.6. The zero-order valence-electron chi connectivity index (χ0n) is 20.9. The summed E-state index contributed by atoms with van der Waals surface area (Å²) in [5, 5.41) is 0. The molecule has 0 saturated heterocycles. The summed E-state index contributed by atoms with van der Waals surface area (Å²) in [6, 6.07) is 16.7. The molecule has 0 aliphatic rings. The van der Waals surface area contributed by atoms with Gasteiger partial charge in [-0.25, -0.2) is 28.1 Å². The van der Waals surface area contributed by atoms with Gasteiger partial charge in [-0.1, -0.05) is 0 Å². The van der Waals surface area contributed by atoms with Crippen molar-refractivity contribution in [1.29, 1.82) is 0 Å². The van der Waals surface area contributed by atoms with Gasteiger partial charge in [0.1, 0.15) is 17.2 Å². The molecule has 4 rings (SSSR count). The van der Waals surface area contributed by atoms with Gasteiger partial charge in [-0.2, -0.15) is 0 Å². The highest BCUT2D eigenvalue weighted by Crippen LogP contribution is 2.17. The molecule has 0 fully saturated rings. The largest absolute Gasteiger partial charge is 0.427 e. The molecule has 0 unspecified atom stereocenters. The van der Waals surface area contributed by atoms with Gasteiger partial charge in [-0.05, 0) is 72.8 Å². The highest BCUT2D eigenvalue weighted by molar-refractivity contribution is 5.70. The highest BCUT2D eigenvalue weighted by atomic mass is 16.5. The van der Waals surface area contributed by atoms with E-state index in [1.807, 2.05) is 0 Å². The van der Waals surface area contributed by atoms with Crippen molar-refractivity contribution in [3.05, 3.63) is 104 Å². The van der Waals surface area contributed by atoms with Crippen LogP contribution < -0.4 is 31.3 Å². The first kappa shape index (κ1) is 26.5. The summed E-state index contributed by atoms with van der Waals surface area (Å²) in [5.41, 5.74) is -2.64. The predicted octanol–water partition coefficient (Wildman–Crippen LogP) is 1.92. The Morgan fingerprint density at radius 2 is 0.641 bits per heavy atom.